The SMILES string of the molecule is CC(Cc1ccsc1)N1C(=O)NC(=O)C2(CCC2)C1=O. The van der Waals surface area contributed by atoms with Crippen molar-refractivity contribution in [3.05, 3.63) is 22.4 Å². The van der Waals surface area contributed by atoms with E-state index in [1.54, 1.807) is 11.3 Å². The Bertz CT molecular complexity index is 563. The fraction of sp³-hybridized carbons (Fsp3) is 0.500. The Balaban J connectivity index is 1.82. The summed E-state index contributed by atoms with van der Waals surface area (Å²) in [5.74, 6) is -0.738. The highest BCUT2D eigenvalue weighted by Crippen LogP contribution is 2.44. The maximum Gasteiger partial charge on any atom is 0.331 e. The predicted octanol–water partition coefficient (Wildman–Crippen LogP) is 1.93. The van der Waals surface area contributed by atoms with Crippen LogP contribution < -0.4 is 5.32 Å². The van der Waals surface area contributed by atoms with Gasteiger partial charge in [-0.05, 0) is 48.6 Å². The first kappa shape index (κ1) is 13.3. The summed E-state index contributed by atoms with van der Waals surface area (Å²) in [4.78, 5) is 37.7. The smallest absolute Gasteiger partial charge is 0.277 e. The Kier molecular flexibility index (Phi) is 3.12. The molecular weight excluding hydrogens is 276 g/mol. The van der Waals surface area contributed by atoms with E-state index in [0.717, 1.165) is 12.0 Å². The van der Waals surface area contributed by atoms with Crippen molar-refractivity contribution in [2.45, 2.75) is 38.6 Å². The molecule has 2 aliphatic rings. The van der Waals surface area contributed by atoms with Crippen molar-refractivity contribution in [1.29, 1.82) is 0 Å². The molecule has 2 fully saturated rings. The summed E-state index contributed by atoms with van der Waals surface area (Å²) in [6.45, 7) is 1.84. The molecule has 1 unspecified atom stereocenters. The lowest BCUT2D eigenvalue weighted by Gasteiger charge is -2.46. The number of imide groups is 2. The highest BCUT2D eigenvalue weighted by molar-refractivity contribution is 7.07. The van der Waals surface area contributed by atoms with Crippen LogP contribution in [0.1, 0.15) is 31.7 Å². The van der Waals surface area contributed by atoms with E-state index in [9.17, 15) is 14.4 Å². The largest absolute Gasteiger partial charge is 0.331 e. The van der Waals surface area contributed by atoms with Gasteiger partial charge in [0.25, 0.3) is 0 Å². The summed E-state index contributed by atoms with van der Waals surface area (Å²) in [6, 6.07) is 1.15. The van der Waals surface area contributed by atoms with Crippen molar-refractivity contribution in [3.63, 3.8) is 0 Å². The fourth-order valence-electron chi connectivity index (χ4n) is 2.91. The first-order valence-corrected chi connectivity index (χ1v) is 7.69. The summed E-state index contributed by atoms with van der Waals surface area (Å²) in [5, 5.41) is 6.32. The third-order valence-corrected chi connectivity index (χ3v) is 4.99. The van der Waals surface area contributed by atoms with Gasteiger partial charge in [0, 0.05) is 6.04 Å². The Morgan fingerprint density at radius 1 is 1.40 bits per heavy atom. The van der Waals surface area contributed by atoms with Crippen LogP contribution in [0.3, 0.4) is 0 Å². The Labute approximate surface area is 121 Å². The molecule has 106 valence electrons. The van der Waals surface area contributed by atoms with Gasteiger partial charge in [0.2, 0.25) is 11.8 Å². The van der Waals surface area contributed by atoms with Crippen LogP contribution in [0, 0.1) is 5.41 Å². The number of carbonyl (C=O) groups is 3. The third kappa shape index (κ3) is 1.86. The summed E-state index contributed by atoms with van der Waals surface area (Å²) >= 11 is 1.59. The Hall–Kier alpha value is -1.69. The van der Waals surface area contributed by atoms with Crippen LogP contribution in [0.4, 0.5) is 4.79 Å². The number of nitrogens with zero attached hydrogens (tertiary/aromatic N) is 1. The summed E-state index contributed by atoms with van der Waals surface area (Å²) in [5.41, 5.74) is 0.124. The molecule has 4 amide bonds. The first-order valence-electron chi connectivity index (χ1n) is 6.75. The minimum Gasteiger partial charge on any atom is -0.277 e. The standard InChI is InChI=1S/C14H16N2O3S/c1-9(7-10-3-6-20-8-10)16-12(18)14(4-2-5-14)11(17)15-13(16)19/h3,6,8-9H,2,4-5,7H2,1H3,(H,15,17,19). The number of rotatable bonds is 3. The summed E-state index contributed by atoms with van der Waals surface area (Å²) in [6.07, 6.45) is 2.58. The van der Waals surface area contributed by atoms with Gasteiger partial charge in [0.1, 0.15) is 5.41 Å². The number of urea groups is 1. The third-order valence-electron chi connectivity index (χ3n) is 4.26. The van der Waals surface area contributed by atoms with Crippen LogP contribution in [0.15, 0.2) is 16.8 Å². The van der Waals surface area contributed by atoms with Crippen LogP contribution in [-0.4, -0.2) is 28.8 Å². The molecule has 0 bridgehead atoms. The van der Waals surface area contributed by atoms with Gasteiger partial charge in [0.15, 0.2) is 0 Å². The minimum atomic E-state index is -0.975. The fourth-order valence-corrected chi connectivity index (χ4v) is 3.59. The number of nitrogens with one attached hydrogen (secondary N) is 1. The van der Waals surface area contributed by atoms with Gasteiger partial charge in [0.05, 0.1) is 0 Å². The van der Waals surface area contributed by atoms with Crippen molar-refractivity contribution in [3.8, 4) is 0 Å². The predicted molar refractivity (Wildman–Crippen MR) is 74.2 cm³/mol. The molecule has 1 aromatic heterocycles. The molecule has 20 heavy (non-hydrogen) atoms. The highest BCUT2D eigenvalue weighted by atomic mass is 32.1. The van der Waals surface area contributed by atoms with Crippen LogP contribution in [0.5, 0.6) is 0 Å². The maximum atomic E-state index is 12.6. The van der Waals surface area contributed by atoms with Crippen molar-refractivity contribution in [2.75, 3.05) is 0 Å². The van der Waals surface area contributed by atoms with E-state index in [2.05, 4.69) is 5.32 Å². The van der Waals surface area contributed by atoms with Crippen molar-refractivity contribution >= 4 is 29.2 Å². The average Bonchev–Trinajstić information content (AvgIpc) is 2.78. The number of barbiturate groups is 1. The lowest BCUT2D eigenvalue weighted by molar-refractivity contribution is -0.158. The molecular formula is C14H16N2O3S. The summed E-state index contributed by atoms with van der Waals surface area (Å²) in [7, 11) is 0. The number of thiophene rings is 1. The zero-order valence-corrected chi connectivity index (χ0v) is 12.0. The van der Waals surface area contributed by atoms with Gasteiger partial charge < -0.3 is 0 Å². The van der Waals surface area contributed by atoms with E-state index in [-0.39, 0.29) is 11.9 Å². The molecule has 2 heterocycles. The Morgan fingerprint density at radius 2 is 2.15 bits per heavy atom. The van der Waals surface area contributed by atoms with Gasteiger partial charge in [-0.25, -0.2) is 4.79 Å². The first-order chi connectivity index (χ1) is 9.54. The maximum absolute atomic E-state index is 12.6. The molecule has 1 N–H and O–H groups in total. The van der Waals surface area contributed by atoms with Crippen LogP contribution >= 0.6 is 11.3 Å². The monoisotopic (exact) mass is 292 g/mol. The van der Waals surface area contributed by atoms with E-state index < -0.39 is 17.4 Å². The van der Waals surface area contributed by atoms with Crippen molar-refractivity contribution in [2.24, 2.45) is 5.41 Å². The lowest BCUT2D eigenvalue weighted by Crippen LogP contribution is -2.67. The van der Waals surface area contributed by atoms with E-state index in [1.807, 2.05) is 23.8 Å². The van der Waals surface area contributed by atoms with E-state index in [4.69, 9.17) is 0 Å². The molecule has 0 radical (unpaired) electrons. The highest BCUT2D eigenvalue weighted by Gasteiger charge is 2.57. The molecule has 1 aromatic rings. The molecule has 3 rings (SSSR count). The van der Waals surface area contributed by atoms with E-state index in [1.165, 1.54) is 4.90 Å². The van der Waals surface area contributed by atoms with E-state index in [0.29, 0.717) is 19.3 Å². The number of hydrogen-bond donors (Lipinski definition) is 1. The molecule has 1 atom stereocenters. The molecule has 1 aliphatic carbocycles. The summed E-state index contributed by atoms with van der Waals surface area (Å²) < 4.78 is 0. The minimum absolute atomic E-state index is 0.248. The molecule has 6 heteroatoms. The van der Waals surface area contributed by atoms with Gasteiger partial charge in [-0.1, -0.05) is 6.42 Å². The second-order valence-corrected chi connectivity index (χ2v) is 6.33. The van der Waals surface area contributed by atoms with Gasteiger partial charge in [-0.15, -0.1) is 0 Å². The van der Waals surface area contributed by atoms with Crippen LogP contribution in [0.2, 0.25) is 0 Å². The topological polar surface area (TPSA) is 66.5 Å². The number of amides is 4. The van der Waals surface area contributed by atoms with Crippen LogP contribution in [0.25, 0.3) is 0 Å². The normalized spacial score (nSPS) is 22.6. The molecule has 1 aliphatic heterocycles. The zero-order chi connectivity index (χ0) is 14.3. The molecule has 1 saturated carbocycles. The van der Waals surface area contributed by atoms with E-state index >= 15 is 0 Å². The molecule has 1 saturated heterocycles. The molecule has 0 aromatic carbocycles. The molecule has 1 spiro atoms. The number of carbonyl (C=O) groups excluding carboxylic acids is 3. The lowest BCUT2D eigenvalue weighted by atomic mass is 9.66. The average molecular weight is 292 g/mol. The van der Waals surface area contributed by atoms with Crippen molar-refractivity contribution in [1.82, 2.24) is 10.2 Å². The second-order valence-electron chi connectivity index (χ2n) is 5.55. The molecule has 5 nitrogen and oxygen atoms in total. The van der Waals surface area contributed by atoms with Gasteiger partial charge in [-0.3, -0.25) is 19.8 Å². The quantitative estimate of drug-likeness (QED) is 0.866. The zero-order valence-electron chi connectivity index (χ0n) is 11.2. The van der Waals surface area contributed by atoms with Gasteiger partial charge in [-0.2, -0.15) is 11.3 Å². The van der Waals surface area contributed by atoms with Crippen LogP contribution in [-0.2, 0) is 16.0 Å². The second kappa shape index (κ2) is 4.70. The van der Waals surface area contributed by atoms with Gasteiger partial charge >= 0.3 is 6.03 Å². The van der Waals surface area contributed by atoms with Crippen molar-refractivity contribution < 1.29 is 14.4 Å². The Morgan fingerprint density at radius 3 is 2.70 bits per heavy atom. The number of hydrogen-bond acceptors (Lipinski definition) is 4.